The summed E-state index contributed by atoms with van der Waals surface area (Å²) in [6, 6.07) is 0. The normalized spacial score (nSPS) is 20.0. The minimum atomic E-state index is -0.568. The molecule has 1 saturated heterocycles. The highest BCUT2D eigenvalue weighted by molar-refractivity contribution is 5.94. The lowest BCUT2D eigenvalue weighted by atomic mass is 9.96. The van der Waals surface area contributed by atoms with Gasteiger partial charge < -0.3 is 4.74 Å². The molecule has 0 aromatic heterocycles. The largest absolute Gasteiger partial charge is 0.443 e. The van der Waals surface area contributed by atoms with Crippen LogP contribution in [0.1, 0.15) is 48.0 Å². The average Bonchev–Trinajstić information content (AvgIpc) is 2.56. The van der Waals surface area contributed by atoms with E-state index in [1.165, 1.54) is 16.0 Å². The summed E-state index contributed by atoms with van der Waals surface area (Å²) in [6.45, 7) is 11.9. The van der Waals surface area contributed by atoms with Gasteiger partial charge in [-0.15, -0.1) is 0 Å². The molecule has 0 aromatic carbocycles. The van der Waals surface area contributed by atoms with E-state index in [0.717, 1.165) is 0 Å². The Kier molecular flexibility index (Phi) is 4.20. The molecule has 1 rings (SSSR count). The first kappa shape index (κ1) is 14.7. The minimum Gasteiger partial charge on any atom is -0.443 e. The minimum absolute atomic E-state index is 0.134. The number of allylic oxidation sites excluding steroid dienone is 1. The van der Waals surface area contributed by atoms with E-state index in [1.807, 2.05) is 20.8 Å². The Bertz CT molecular complexity index is 386. The van der Waals surface area contributed by atoms with Crippen LogP contribution in [0.25, 0.3) is 0 Å². The topological polar surface area (TPSA) is 46.6 Å². The van der Waals surface area contributed by atoms with E-state index in [2.05, 4.69) is 0 Å². The van der Waals surface area contributed by atoms with E-state index in [9.17, 15) is 9.59 Å². The second-order valence-corrected chi connectivity index (χ2v) is 6.07. The highest BCUT2D eigenvalue weighted by Gasteiger charge is 2.37. The molecule has 0 aromatic rings. The van der Waals surface area contributed by atoms with E-state index in [0.29, 0.717) is 13.0 Å². The van der Waals surface area contributed by atoms with Gasteiger partial charge >= 0.3 is 6.09 Å². The van der Waals surface area contributed by atoms with Crippen molar-refractivity contribution in [1.29, 1.82) is 0 Å². The zero-order valence-corrected chi connectivity index (χ0v) is 12.2. The number of hydrogen-bond acceptors (Lipinski definition) is 3. The van der Waals surface area contributed by atoms with Gasteiger partial charge in [-0.1, -0.05) is 11.1 Å². The van der Waals surface area contributed by atoms with Crippen LogP contribution in [0.3, 0.4) is 0 Å². The zero-order valence-electron chi connectivity index (χ0n) is 12.2. The quantitative estimate of drug-likeness (QED) is 0.674. The third kappa shape index (κ3) is 3.59. The molecule has 0 unspecified atom stereocenters. The predicted octanol–water partition coefficient (Wildman–Crippen LogP) is 3.13. The van der Waals surface area contributed by atoms with E-state index >= 15 is 0 Å². The molecule has 0 saturated carbocycles. The maximum atomic E-state index is 11.9. The second-order valence-electron chi connectivity index (χ2n) is 6.07. The van der Waals surface area contributed by atoms with Crippen LogP contribution in [0.15, 0.2) is 11.1 Å². The zero-order chi connectivity index (χ0) is 14.1. The number of nitrogens with zero attached hydrogens (tertiary/aromatic N) is 1. The van der Waals surface area contributed by atoms with Crippen LogP contribution >= 0.6 is 0 Å². The van der Waals surface area contributed by atoms with Crippen LogP contribution in [0, 0.1) is 5.92 Å². The molecule has 1 aliphatic rings. The number of amides is 2. The molecule has 102 valence electrons. The molecule has 4 heteroatoms. The first-order valence-corrected chi connectivity index (χ1v) is 6.29. The summed E-state index contributed by atoms with van der Waals surface area (Å²) in [5, 5.41) is 0. The molecule has 2 amide bonds. The standard InChI is InChI=1S/C14H23NO3/c1-9(2)10(3)11-7-12(16)15(8-11)13(17)18-14(4,5)6/h11H,7-8H2,1-6H3/t11-/m0/s1. The summed E-state index contributed by atoms with van der Waals surface area (Å²) in [4.78, 5) is 24.9. The first-order valence-electron chi connectivity index (χ1n) is 6.29. The number of ether oxygens (including phenoxy) is 1. The van der Waals surface area contributed by atoms with Gasteiger partial charge in [0.1, 0.15) is 5.60 Å². The molecular weight excluding hydrogens is 230 g/mol. The SMILES string of the molecule is CC(C)=C(C)[C@H]1CC(=O)N(C(=O)OC(C)(C)C)C1. The van der Waals surface area contributed by atoms with Crippen molar-refractivity contribution in [3.05, 3.63) is 11.1 Å². The fraction of sp³-hybridized carbons (Fsp3) is 0.714. The number of imide groups is 1. The van der Waals surface area contributed by atoms with E-state index < -0.39 is 11.7 Å². The van der Waals surface area contributed by atoms with Crippen LogP contribution in [0.5, 0.6) is 0 Å². The monoisotopic (exact) mass is 253 g/mol. The Morgan fingerprint density at radius 2 is 1.83 bits per heavy atom. The lowest BCUT2D eigenvalue weighted by Crippen LogP contribution is -2.37. The summed E-state index contributed by atoms with van der Waals surface area (Å²) in [5.74, 6) is -0.00938. The van der Waals surface area contributed by atoms with Gasteiger partial charge in [0, 0.05) is 18.9 Å². The Morgan fingerprint density at radius 1 is 1.28 bits per heavy atom. The fourth-order valence-corrected chi connectivity index (χ4v) is 1.90. The number of likely N-dealkylation sites (tertiary alicyclic amines) is 1. The van der Waals surface area contributed by atoms with Crippen molar-refractivity contribution in [2.24, 2.45) is 5.92 Å². The van der Waals surface area contributed by atoms with Crippen molar-refractivity contribution < 1.29 is 14.3 Å². The second kappa shape index (κ2) is 5.12. The highest BCUT2D eigenvalue weighted by atomic mass is 16.6. The summed E-state index contributed by atoms with van der Waals surface area (Å²) in [6.07, 6.45) is -0.132. The van der Waals surface area contributed by atoms with Gasteiger partial charge in [-0.2, -0.15) is 0 Å². The van der Waals surface area contributed by atoms with Gasteiger partial charge in [-0.3, -0.25) is 4.79 Å². The smallest absolute Gasteiger partial charge is 0.417 e. The fourth-order valence-electron chi connectivity index (χ4n) is 1.90. The molecule has 1 heterocycles. The van der Waals surface area contributed by atoms with Crippen molar-refractivity contribution in [1.82, 2.24) is 4.90 Å². The van der Waals surface area contributed by atoms with Gasteiger partial charge in [0.15, 0.2) is 0 Å². The molecule has 1 aliphatic heterocycles. The lowest BCUT2D eigenvalue weighted by Gasteiger charge is -2.23. The summed E-state index contributed by atoms with van der Waals surface area (Å²) in [7, 11) is 0. The van der Waals surface area contributed by atoms with Crippen LogP contribution in [0.4, 0.5) is 4.79 Å². The van der Waals surface area contributed by atoms with Crippen molar-refractivity contribution in [3.63, 3.8) is 0 Å². The predicted molar refractivity (Wildman–Crippen MR) is 70.1 cm³/mol. The number of carbonyl (C=O) groups excluding carboxylic acids is 2. The highest BCUT2D eigenvalue weighted by Crippen LogP contribution is 2.27. The summed E-state index contributed by atoms with van der Waals surface area (Å²) >= 11 is 0. The average molecular weight is 253 g/mol. The summed E-state index contributed by atoms with van der Waals surface area (Å²) < 4.78 is 5.23. The van der Waals surface area contributed by atoms with Gasteiger partial charge in [-0.05, 0) is 41.5 Å². The third-order valence-corrected chi connectivity index (χ3v) is 3.14. The third-order valence-electron chi connectivity index (χ3n) is 3.14. The number of carbonyl (C=O) groups is 2. The van der Waals surface area contributed by atoms with E-state index in [-0.39, 0.29) is 11.8 Å². The van der Waals surface area contributed by atoms with E-state index in [4.69, 9.17) is 4.74 Å². The molecule has 0 aliphatic carbocycles. The van der Waals surface area contributed by atoms with Crippen molar-refractivity contribution >= 4 is 12.0 Å². The van der Waals surface area contributed by atoms with E-state index in [1.54, 1.807) is 20.8 Å². The number of hydrogen-bond donors (Lipinski definition) is 0. The molecule has 4 nitrogen and oxygen atoms in total. The first-order chi connectivity index (χ1) is 8.11. The molecule has 0 radical (unpaired) electrons. The molecule has 18 heavy (non-hydrogen) atoms. The molecular formula is C14H23NO3. The Hall–Kier alpha value is -1.32. The van der Waals surface area contributed by atoms with Crippen molar-refractivity contribution in [2.75, 3.05) is 6.54 Å². The van der Waals surface area contributed by atoms with Gasteiger partial charge in [0.25, 0.3) is 0 Å². The van der Waals surface area contributed by atoms with Crippen LogP contribution < -0.4 is 0 Å². The number of rotatable bonds is 1. The van der Waals surface area contributed by atoms with Crippen LogP contribution in [-0.2, 0) is 9.53 Å². The molecule has 0 bridgehead atoms. The van der Waals surface area contributed by atoms with Gasteiger partial charge in [0.2, 0.25) is 5.91 Å². The van der Waals surface area contributed by atoms with Crippen LogP contribution in [-0.4, -0.2) is 29.0 Å². The van der Waals surface area contributed by atoms with Crippen LogP contribution in [0.2, 0.25) is 0 Å². The van der Waals surface area contributed by atoms with Gasteiger partial charge in [-0.25, -0.2) is 9.69 Å². The maximum absolute atomic E-state index is 11.9. The molecule has 0 N–H and O–H groups in total. The Balaban J connectivity index is 2.74. The Labute approximate surface area is 109 Å². The summed E-state index contributed by atoms with van der Waals surface area (Å²) in [5.41, 5.74) is 1.83. The van der Waals surface area contributed by atoms with Crippen molar-refractivity contribution in [3.8, 4) is 0 Å². The van der Waals surface area contributed by atoms with Crippen molar-refractivity contribution in [2.45, 2.75) is 53.6 Å². The lowest BCUT2D eigenvalue weighted by molar-refractivity contribution is -0.127. The molecule has 1 atom stereocenters. The molecule has 0 spiro atoms. The molecule has 1 fully saturated rings. The maximum Gasteiger partial charge on any atom is 0.417 e. The Morgan fingerprint density at radius 3 is 2.28 bits per heavy atom. The van der Waals surface area contributed by atoms with Gasteiger partial charge in [0.05, 0.1) is 0 Å².